The first kappa shape index (κ1) is 18.2. The third kappa shape index (κ3) is 3.19. The Hall–Kier alpha value is -2.13. The molecule has 0 aliphatic carbocycles. The molecular weight excluding hydrogens is 366 g/mol. The molecule has 9 heteroatoms. The molecule has 0 N–H and O–H groups in total. The van der Waals surface area contributed by atoms with Crippen molar-refractivity contribution in [3.63, 3.8) is 0 Å². The van der Waals surface area contributed by atoms with Gasteiger partial charge in [-0.1, -0.05) is 31.1 Å². The third-order valence-electron chi connectivity index (χ3n) is 5.30. The highest BCUT2D eigenvalue weighted by molar-refractivity contribution is 7.94. The molecule has 1 aromatic heterocycles. The van der Waals surface area contributed by atoms with E-state index in [1.165, 1.54) is 4.31 Å². The SMILES string of the molecule is CC(C)c1noc(CN2CCC(N3c4ccccc4N(C)S3(=O)=O)CC2)n1. The summed E-state index contributed by atoms with van der Waals surface area (Å²) >= 11 is 0. The van der Waals surface area contributed by atoms with Crippen LogP contribution >= 0.6 is 0 Å². The number of nitrogens with zero attached hydrogens (tertiary/aromatic N) is 5. The fraction of sp³-hybridized carbons (Fsp3) is 0.556. The summed E-state index contributed by atoms with van der Waals surface area (Å²) in [6, 6.07) is 7.45. The number of piperidine rings is 1. The molecule has 27 heavy (non-hydrogen) atoms. The lowest BCUT2D eigenvalue weighted by Crippen LogP contribution is -2.48. The van der Waals surface area contributed by atoms with Gasteiger partial charge in [0.2, 0.25) is 5.89 Å². The van der Waals surface area contributed by atoms with Crippen LogP contribution in [0.15, 0.2) is 28.8 Å². The van der Waals surface area contributed by atoms with Gasteiger partial charge in [0.05, 0.1) is 17.9 Å². The van der Waals surface area contributed by atoms with Gasteiger partial charge in [-0.2, -0.15) is 13.4 Å². The lowest BCUT2D eigenvalue weighted by molar-refractivity contribution is 0.182. The molecule has 0 amide bonds. The maximum absolute atomic E-state index is 12.9. The van der Waals surface area contributed by atoms with E-state index in [9.17, 15) is 8.42 Å². The van der Waals surface area contributed by atoms with E-state index in [0.717, 1.165) is 43.1 Å². The van der Waals surface area contributed by atoms with Crippen molar-refractivity contribution in [2.75, 3.05) is 28.7 Å². The summed E-state index contributed by atoms with van der Waals surface area (Å²) < 4.78 is 34.1. The van der Waals surface area contributed by atoms with Gasteiger partial charge in [0.25, 0.3) is 0 Å². The molecule has 1 aromatic carbocycles. The van der Waals surface area contributed by atoms with Crippen molar-refractivity contribution in [2.24, 2.45) is 0 Å². The third-order valence-corrected chi connectivity index (χ3v) is 7.18. The van der Waals surface area contributed by atoms with Gasteiger partial charge in [-0.25, -0.2) is 4.31 Å². The molecule has 8 nitrogen and oxygen atoms in total. The van der Waals surface area contributed by atoms with Gasteiger partial charge in [0.15, 0.2) is 5.82 Å². The highest BCUT2D eigenvalue weighted by atomic mass is 32.2. The van der Waals surface area contributed by atoms with Crippen LogP contribution in [-0.4, -0.2) is 49.6 Å². The molecule has 146 valence electrons. The molecule has 1 fully saturated rings. The summed E-state index contributed by atoms with van der Waals surface area (Å²) in [6.07, 6.45) is 1.54. The summed E-state index contributed by atoms with van der Waals surface area (Å²) in [5.41, 5.74) is 1.52. The van der Waals surface area contributed by atoms with Gasteiger partial charge in [-0.3, -0.25) is 9.21 Å². The average molecular weight is 391 g/mol. The van der Waals surface area contributed by atoms with Crippen molar-refractivity contribution in [3.8, 4) is 0 Å². The van der Waals surface area contributed by atoms with Gasteiger partial charge in [-0.15, -0.1) is 0 Å². The standard InChI is InChI=1S/C18H25N5O3S/c1-13(2)18-19-17(26-20-18)12-22-10-8-14(9-11-22)23-16-7-5-4-6-15(16)21(3)27(23,24)25/h4-7,13-14H,8-12H2,1-3H3. The van der Waals surface area contributed by atoms with Crippen molar-refractivity contribution >= 4 is 21.6 Å². The fourth-order valence-corrected chi connectivity index (χ4v) is 5.41. The molecule has 2 aromatic rings. The molecular formula is C18H25N5O3S. The van der Waals surface area contributed by atoms with Crippen LogP contribution in [-0.2, 0) is 16.8 Å². The van der Waals surface area contributed by atoms with Crippen molar-refractivity contribution in [1.82, 2.24) is 15.0 Å². The normalized spacial score (nSPS) is 20.4. The van der Waals surface area contributed by atoms with Crippen molar-refractivity contribution in [2.45, 2.75) is 45.2 Å². The highest BCUT2D eigenvalue weighted by Gasteiger charge is 2.42. The minimum atomic E-state index is -3.50. The van der Waals surface area contributed by atoms with Gasteiger partial charge in [-0.05, 0) is 25.0 Å². The van der Waals surface area contributed by atoms with Crippen LogP contribution in [0.5, 0.6) is 0 Å². The highest BCUT2D eigenvalue weighted by Crippen LogP contribution is 2.42. The number of hydrogen-bond acceptors (Lipinski definition) is 6. The van der Waals surface area contributed by atoms with Crippen LogP contribution in [0.4, 0.5) is 11.4 Å². The summed E-state index contributed by atoms with van der Waals surface area (Å²) in [5.74, 6) is 1.59. The van der Waals surface area contributed by atoms with Gasteiger partial charge in [0.1, 0.15) is 0 Å². The first-order valence-corrected chi connectivity index (χ1v) is 10.7. The minimum absolute atomic E-state index is 0.0359. The monoisotopic (exact) mass is 391 g/mol. The molecule has 2 aliphatic heterocycles. The molecule has 0 saturated carbocycles. The molecule has 0 bridgehead atoms. The topological polar surface area (TPSA) is 82.8 Å². The van der Waals surface area contributed by atoms with E-state index in [1.807, 2.05) is 38.1 Å². The van der Waals surface area contributed by atoms with Crippen molar-refractivity contribution in [1.29, 1.82) is 0 Å². The lowest BCUT2D eigenvalue weighted by atomic mass is 10.0. The summed E-state index contributed by atoms with van der Waals surface area (Å²) in [7, 11) is -1.88. The second-order valence-electron chi connectivity index (χ2n) is 7.47. The molecule has 1 saturated heterocycles. The lowest BCUT2D eigenvalue weighted by Gasteiger charge is -2.36. The van der Waals surface area contributed by atoms with Crippen LogP contribution in [0.1, 0.15) is 44.3 Å². The molecule has 0 unspecified atom stereocenters. The number of likely N-dealkylation sites (tertiary alicyclic amines) is 1. The van der Waals surface area contributed by atoms with E-state index in [4.69, 9.17) is 4.52 Å². The van der Waals surface area contributed by atoms with E-state index in [-0.39, 0.29) is 12.0 Å². The predicted octanol–water partition coefficient (Wildman–Crippen LogP) is 2.36. The molecule has 0 radical (unpaired) electrons. The number of rotatable bonds is 4. The minimum Gasteiger partial charge on any atom is -0.338 e. The van der Waals surface area contributed by atoms with E-state index >= 15 is 0 Å². The maximum Gasteiger partial charge on any atom is 0.326 e. The second-order valence-corrected chi connectivity index (χ2v) is 9.30. The zero-order valence-corrected chi connectivity index (χ0v) is 16.7. The molecule has 2 aliphatic rings. The number of benzene rings is 1. The van der Waals surface area contributed by atoms with E-state index in [2.05, 4.69) is 15.0 Å². The Balaban J connectivity index is 1.45. The Morgan fingerprint density at radius 1 is 1.19 bits per heavy atom. The zero-order valence-electron chi connectivity index (χ0n) is 15.9. The quantitative estimate of drug-likeness (QED) is 0.796. The summed E-state index contributed by atoms with van der Waals surface area (Å²) in [6.45, 7) is 6.26. The number of para-hydroxylation sites is 2. The van der Waals surface area contributed by atoms with E-state index in [1.54, 1.807) is 11.4 Å². The van der Waals surface area contributed by atoms with Crippen LogP contribution in [0.2, 0.25) is 0 Å². The largest absolute Gasteiger partial charge is 0.338 e. The van der Waals surface area contributed by atoms with Crippen LogP contribution in [0.25, 0.3) is 0 Å². The van der Waals surface area contributed by atoms with Crippen LogP contribution in [0, 0.1) is 0 Å². The molecule has 0 spiro atoms. The maximum atomic E-state index is 12.9. The average Bonchev–Trinajstić information content (AvgIpc) is 3.18. The predicted molar refractivity (Wildman–Crippen MR) is 103 cm³/mol. The molecule has 3 heterocycles. The van der Waals surface area contributed by atoms with Crippen molar-refractivity contribution in [3.05, 3.63) is 36.0 Å². The second kappa shape index (κ2) is 6.79. The Kier molecular flexibility index (Phi) is 4.59. The van der Waals surface area contributed by atoms with E-state index in [0.29, 0.717) is 12.4 Å². The van der Waals surface area contributed by atoms with Crippen molar-refractivity contribution < 1.29 is 12.9 Å². The first-order valence-electron chi connectivity index (χ1n) is 9.30. The van der Waals surface area contributed by atoms with Crippen LogP contribution in [0.3, 0.4) is 0 Å². The van der Waals surface area contributed by atoms with Gasteiger partial charge in [0, 0.05) is 32.1 Å². The Bertz CT molecular complexity index is 919. The number of aromatic nitrogens is 2. The summed E-state index contributed by atoms with van der Waals surface area (Å²) in [5, 5.41) is 4.01. The Morgan fingerprint density at radius 3 is 2.48 bits per heavy atom. The number of fused-ring (bicyclic) bond motifs is 1. The molecule has 0 atom stereocenters. The van der Waals surface area contributed by atoms with E-state index < -0.39 is 10.2 Å². The fourth-order valence-electron chi connectivity index (χ4n) is 3.75. The first-order chi connectivity index (χ1) is 12.9. The smallest absolute Gasteiger partial charge is 0.326 e. The number of hydrogen-bond donors (Lipinski definition) is 0. The number of anilines is 2. The molecule has 4 rings (SSSR count). The van der Waals surface area contributed by atoms with Gasteiger partial charge >= 0.3 is 10.2 Å². The Labute approximate surface area is 159 Å². The van der Waals surface area contributed by atoms with Gasteiger partial charge < -0.3 is 4.52 Å². The zero-order chi connectivity index (χ0) is 19.2. The summed E-state index contributed by atoms with van der Waals surface area (Å²) in [4.78, 5) is 6.67. The van der Waals surface area contributed by atoms with Crippen LogP contribution < -0.4 is 8.61 Å². The Morgan fingerprint density at radius 2 is 1.85 bits per heavy atom.